The van der Waals surface area contributed by atoms with Gasteiger partial charge in [-0.15, -0.1) is 0 Å². The van der Waals surface area contributed by atoms with Crippen LogP contribution in [0.4, 0.5) is 0 Å². The third kappa shape index (κ3) is 3.84. The normalized spacial score (nSPS) is 12.2. The number of phenols is 1. The second-order valence-corrected chi connectivity index (χ2v) is 4.41. The van der Waals surface area contributed by atoms with Crippen molar-refractivity contribution in [3.8, 4) is 5.75 Å². The van der Waals surface area contributed by atoms with Crippen LogP contribution >= 0.6 is 0 Å². The SMILES string of the molecule is Cc1cccc(CC(CC(=O)CN)B(O)O)c1O. The summed E-state index contributed by atoms with van der Waals surface area (Å²) >= 11 is 0. The van der Waals surface area contributed by atoms with Crippen LogP contribution in [0.2, 0.25) is 5.82 Å². The molecule has 0 aliphatic heterocycles. The lowest BCUT2D eigenvalue weighted by Crippen LogP contribution is -2.27. The van der Waals surface area contributed by atoms with Gasteiger partial charge in [0.05, 0.1) is 6.54 Å². The Morgan fingerprint density at radius 1 is 1.44 bits per heavy atom. The van der Waals surface area contributed by atoms with Crippen molar-refractivity contribution in [1.29, 1.82) is 0 Å². The van der Waals surface area contributed by atoms with Gasteiger partial charge >= 0.3 is 7.12 Å². The van der Waals surface area contributed by atoms with Gasteiger partial charge in [0.25, 0.3) is 0 Å². The lowest BCUT2D eigenvalue weighted by Gasteiger charge is -2.16. The van der Waals surface area contributed by atoms with Crippen molar-refractivity contribution >= 4 is 12.9 Å². The van der Waals surface area contributed by atoms with Crippen LogP contribution in [-0.4, -0.2) is 34.6 Å². The molecule has 1 unspecified atom stereocenters. The van der Waals surface area contributed by atoms with Gasteiger partial charge in [0, 0.05) is 12.2 Å². The minimum Gasteiger partial charge on any atom is -0.507 e. The lowest BCUT2D eigenvalue weighted by atomic mass is 9.67. The highest BCUT2D eigenvalue weighted by atomic mass is 16.4. The summed E-state index contributed by atoms with van der Waals surface area (Å²) in [4.78, 5) is 11.3. The van der Waals surface area contributed by atoms with Crippen molar-refractivity contribution in [3.63, 3.8) is 0 Å². The molecule has 0 aliphatic rings. The Kier molecular flexibility index (Phi) is 5.34. The Labute approximate surface area is 106 Å². The molecule has 0 radical (unpaired) electrons. The zero-order chi connectivity index (χ0) is 13.7. The van der Waals surface area contributed by atoms with Gasteiger partial charge in [-0.25, -0.2) is 0 Å². The number of benzene rings is 1. The molecule has 1 rings (SSSR count). The zero-order valence-corrected chi connectivity index (χ0v) is 10.3. The second-order valence-electron chi connectivity index (χ2n) is 4.41. The molecule has 18 heavy (non-hydrogen) atoms. The monoisotopic (exact) mass is 251 g/mol. The summed E-state index contributed by atoms with van der Waals surface area (Å²) in [6, 6.07) is 5.23. The molecule has 0 fully saturated rings. The molecule has 0 aromatic heterocycles. The minimum atomic E-state index is -1.61. The first-order chi connectivity index (χ1) is 8.45. The molecule has 0 saturated heterocycles. The summed E-state index contributed by atoms with van der Waals surface area (Å²) in [7, 11) is -1.61. The smallest absolute Gasteiger partial charge is 0.455 e. The number of hydrogen-bond donors (Lipinski definition) is 4. The molecular weight excluding hydrogens is 233 g/mol. The quantitative estimate of drug-likeness (QED) is 0.533. The van der Waals surface area contributed by atoms with E-state index in [4.69, 9.17) is 5.73 Å². The van der Waals surface area contributed by atoms with Crippen molar-refractivity contribution in [2.24, 2.45) is 5.73 Å². The van der Waals surface area contributed by atoms with E-state index in [0.717, 1.165) is 0 Å². The highest BCUT2D eigenvalue weighted by molar-refractivity contribution is 6.43. The number of carbonyl (C=O) groups is 1. The Hall–Kier alpha value is -1.37. The lowest BCUT2D eigenvalue weighted by molar-refractivity contribution is -0.117. The average molecular weight is 251 g/mol. The minimum absolute atomic E-state index is 0.0124. The largest absolute Gasteiger partial charge is 0.507 e. The van der Waals surface area contributed by atoms with Crippen molar-refractivity contribution in [2.75, 3.05) is 6.54 Å². The number of aromatic hydroxyl groups is 1. The first-order valence-electron chi connectivity index (χ1n) is 5.81. The number of ketones is 1. The topological polar surface area (TPSA) is 104 Å². The molecule has 1 aromatic rings. The van der Waals surface area contributed by atoms with Crippen molar-refractivity contribution in [2.45, 2.75) is 25.6 Å². The van der Waals surface area contributed by atoms with Crippen molar-refractivity contribution < 1.29 is 19.9 Å². The van der Waals surface area contributed by atoms with Gasteiger partial charge in [-0.05, 0) is 24.5 Å². The van der Waals surface area contributed by atoms with E-state index in [9.17, 15) is 19.9 Å². The summed E-state index contributed by atoms with van der Waals surface area (Å²) in [6.07, 6.45) is 0.207. The van der Waals surface area contributed by atoms with Crippen LogP contribution in [0.3, 0.4) is 0 Å². The van der Waals surface area contributed by atoms with E-state index in [2.05, 4.69) is 0 Å². The van der Waals surface area contributed by atoms with Gasteiger partial charge < -0.3 is 20.9 Å². The van der Waals surface area contributed by atoms with Crippen molar-refractivity contribution in [1.82, 2.24) is 0 Å². The van der Waals surface area contributed by atoms with Gasteiger partial charge in [0.2, 0.25) is 0 Å². The Morgan fingerprint density at radius 3 is 2.67 bits per heavy atom. The average Bonchev–Trinajstić information content (AvgIpc) is 2.33. The van der Waals surface area contributed by atoms with Crippen molar-refractivity contribution in [3.05, 3.63) is 29.3 Å². The summed E-state index contributed by atoms with van der Waals surface area (Å²) in [5, 5.41) is 28.4. The molecule has 6 heteroatoms. The molecule has 1 aromatic carbocycles. The molecule has 0 spiro atoms. The molecular formula is C12H18BNO4. The fourth-order valence-electron chi connectivity index (χ4n) is 1.83. The van der Waals surface area contributed by atoms with Gasteiger partial charge in [0.15, 0.2) is 0 Å². The first kappa shape index (κ1) is 14.7. The van der Waals surface area contributed by atoms with E-state index >= 15 is 0 Å². The summed E-state index contributed by atoms with van der Waals surface area (Å²) in [5.74, 6) is -0.766. The molecule has 0 aliphatic carbocycles. The number of nitrogens with two attached hydrogens (primary N) is 1. The van der Waals surface area contributed by atoms with Crippen LogP contribution < -0.4 is 5.73 Å². The summed E-state index contributed by atoms with van der Waals surface area (Å²) in [5.41, 5.74) is 6.51. The van der Waals surface area contributed by atoms with Gasteiger partial charge in [0.1, 0.15) is 11.5 Å². The summed E-state index contributed by atoms with van der Waals surface area (Å²) in [6.45, 7) is 1.64. The number of para-hydroxylation sites is 1. The van der Waals surface area contributed by atoms with Gasteiger partial charge in [-0.2, -0.15) is 0 Å². The van der Waals surface area contributed by atoms with E-state index in [1.807, 2.05) is 0 Å². The van der Waals surface area contributed by atoms with Crippen LogP contribution in [0.25, 0.3) is 0 Å². The van der Waals surface area contributed by atoms with Crippen LogP contribution in [0.15, 0.2) is 18.2 Å². The van der Waals surface area contributed by atoms with E-state index in [-0.39, 0.29) is 30.9 Å². The zero-order valence-electron chi connectivity index (χ0n) is 10.3. The predicted molar refractivity (Wildman–Crippen MR) is 69.2 cm³/mol. The number of carbonyl (C=O) groups excluding carboxylic acids is 1. The van der Waals surface area contributed by atoms with E-state index in [1.165, 1.54) is 0 Å². The third-order valence-corrected chi connectivity index (χ3v) is 2.94. The molecule has 0 saturated carbocycles. The van der Waals surface area contributed by atoms with E-state index < -0.39 is 12.9 Å². The standard InChI is InChI=1S/C12H18BNO4/c1-8-3-2-4-9(12(8)16)5-10(13(17)18)6-11(15)7-14/h2-4,10,16-18H,5-7,14H2,1H3. The third-order valence-electron chi connectivity index (χ3n) is 2.94. The molecule has 5 nitrogen and oxygen atoms in total. The fraction of sp³-hybridized carbons (Fsp3) is 0.417. The number of rotatable bonds is 6. The molecule has 0 heterocycles. The van der Waals surface area contributed by atoms with Gasteiger partial charge in [-0.3, -0.25) is 4.79 Å². The van der Waals surface area contributed by atoms with E-state index in [0.29, 0.717) is 11.1 Å². The fourth-order valence-corrected chi connectivity index (χ4v) is 1.83. The highest BCUT2D eigenvalue weighted by Gasteiger charge is 2.26. The maximum atomic E-state index is 11.3. The molecule has 1 atom stereocenters. The van der Waals surface area contributed by atoms with Gasteiger partial charge in [-0.1, -0.05) is 18.2 Å². The second kappa shape index (κ2) is 6.54. The maximum Gasteiger partial charge on any atom is 0.455 e. The number of aryl methyl sites for hydroxylation is 1. The molecule has 98 valence electrons. The molecule has 0 bridgehead atoms. The number of Topliss-reactive ketones (excluding diaryl/α,β-unsaturated/α-hetero) is 1. The molecule has 0 amide bonds. The Morgan fingerprint density at radius 2 is 2.11 bits per heavy atom. The first-order valence-corrected chi connectivity index (χ1v) is 5.81. The highest BCUT2D eigenvalue weighted by Crippen LogP contribution is 2.28. The Balaban J connectivity index is 2.83. The number of phenolic OH excluding ortho intramolecular Hbond substituents is 1. The Bertz CT molecular complexity index is 423. The van der Waals surface area contributed by atoms with Crippen LogP contribution in [0.1, 0.15) is 17.5 Å². The molecule has 5 N–H and O–H groups in total. The van der Waals surface area contributed by atoms with Crippen LogP contribution in [-0.2, 0) is 11.2 Å². The maximum absolute atomic E-state index is 11.3. The van der Waals surface area contributed by atoms with Crippen LogP contribution in [0, 0.1) is 6.92 Å². The van der Waals surface area contributed by atoms with E-state index in [1.54, 1.807) is 25.1 Å². The van der Waals surface area contributed by atoms with Crippen LogP contribution in [0.5, 0.6) is 5.75 Å². The summed E-state index contributed by atoms with van der Waals surface area (Å²) < 4.78 is 0. The predicted octanol–water partition coefficient (Wildman–Crippen LogP) is 0.00402. The number of hydrogen-bond acceptors (Lipinski definition) is 5.